The van der Waals surface area contributed by atoms with E-state index in [4.69, 9.17) is 19.2 Å². The van der Waals surface area contributed by atoms with Crippen molar-refractivity contribution in [2.75, 3.05) is 40.5 Å². The topological polar surface area (TPSA) is 139 Å². The van der Waals surface area contributed by atoms with Gasteiger partial charge in [-0.3, -0.25) is 14.6 Å². The van der Waals surface area contributed by atoms with Crippen LogP contribution in [0, 0.1) is 11.8 Å². The number of carbonyl (C=O) groups is 4. The van der Waals surface area contributed by atoms with Crippen LogP contribution in [-0.4, -0.2) is 104 Å². The van der Waals surface area contributed by atoms with Gasteiger partial charge in [-0.2, -0.15) is 0 Å². The summed E-state index contributed by atoms with van der Waals surface area (Å²) < 4.78 is 15.3. The molecular formula is C48H59N5O7. The Morgan fingerprint density at radius 3 is 1.93 bits per heavy atom. The molecule has 318 valence electrons. The largest absolute Gasteiger partial charge is 0.453 e. The number of methoxy groups -OCH3 is 2. The number of carbonyl (C=O) groups excluding carboxylic acids is 4. The Morgan fingerprint density at radius 1 is 0.700 bits per heavy atom. The van der Waals surface area contributed by atoms with Crippen molar-refractivity contribution in [2.24, 2.45) is 16.8 Å². The fourth-order valence-electron chi connectivity index (χ4n) is 10.4. The third-order valence-corrected chi connectivity index (χ3v) is 13.6. The highest BCUT2D eigenvalue weighted by molar-refractivity contribution is 6.04. The lowest BCUT2D eigenvalue weighted by atomic mass is 9.86. The summed E-state index contributed by atoms with van der Waals surface area (Å²) >= 11 is 0. The summed E-state index contributed by atoms with van der Waals surface area (Å²) in [6.45, 7) is 6.27. The fourth-order valence-corrected chi connectivity index (χ4v) is 10.4. The van der Waals surface area contributed by atoms with Gasteiger partial charge < -0.3 is 34.6 Å². The SMILES string of the molecule is COC(=O)NC(C(=O)N1CCC[C@H]1C1=NC=C(c2ccc(-c3ccc(C4=C5CCCCC5=C(C5CCCN5C(=O)[C@@H](NC(=O)OC)C(C)C)C4)cc3)cc2)C1)C1CCOC1. The van der Waals surface area contributed by atoms with Crippen molar-refractivity contribution < 1.29 is 33.4 Å². The van der Waals surface area contributed by atoms with Gasteiger partial charge in [-0.05, 0) is 120 Å². The van der Waals surface area contributed by atoms with E-state index in [-0.39, 0.29) is 35.7 Å². The number of aliphatic imine (C=N–C) groups is 1. The fraction of sp³-hybridized carbons (Fsp3) is 0.521. The number of allylic oxidation sites excluding steroid dienone is 4. The standard InChI is InChI=1S/C48H59N5O7/c1-29(2)43(50-47(56)58-3)45(54)52-22-7-11-41(52)39-26-38(36-9-5-6-10-37(36)39)33-19-17-31(18-20-33)30-13-15-32(16-14-30)35-25-40(49-27-35)42-12-8-23-53(42)46(55)44(51-48(57)59-4)34-21-24-60-28-34/h13-20,27,29,34,41-44H,5-12,21-26,28H2,1-4H3,(H,50,56)(H,51,57)/t34?,41?,42-,43-,44?/m0/s1. The number of nitrogens with zero attached hydrogens (tertiary/aromatic N) is 3. The molecule has 3 saturated heterocycles. The van der Waals surface area contributed by atoms with Crippen molar-refractivity contribution in [2.45, 2.75) is 109 Å². The first-order chi connectivity index (χ1) is 29.1. The van der Waals surface area contributed by atoms with Gasteiger partial charge in [-0.1, -0.05) is 62.4 Å². The van der Waals surface area contributed by atoms with Gasteiger partial charge in [0.25, 0.3) is 0 Å². The molecule has 4 amide bonds. The molecule has 12 nitrogen and oxygen atoms in total. The summed E-state index contributed by atoms with van der Waals surface area (Å²) in [5.74, 6) is -0.260. The molecule has 2 N–H and O–H groups in total. The van der Waals surface area contributed by atoms with E-state index < -0.39 is 24.3 Å². The van der Waals surface area contributed by atoms with Crippen molar-refractivity contribution in [3.8, 4) is 11.1 Å². The first-order valence-corrected chi connectivity index (χ1v) is 21.9. The molecular weight excluding hydrogens is 759 g/mol. The van der Waals surface area contributed by atoms with Crippen LogP contribution in [0.1, 0.15) is 95.6 Å². The molecule has 3 unspecified atom stereocenters. The van der Waals surface area contributed by atoms with Crippen molar-refractivity contribution >= 4 is 40.9 Å². The monoisotopic (exact) mass is 817 g/mol. The summed E-state index contributed by atoms with van der Waals surface area (Å²) in [5.41, 5.74) is 12.5. The Balaban J connectivity index is 0.916. The molecule has 2 aliphatic carbocycles. The summed E-state index contributed by atoms with van der Waals surface area (Å²) in [6, 6.07) is 16.2. The highest BCUT2D eigenvalue weighted by Crippen LogP contribution is 2.49. The van der Waals surface area contributed by atoms with Crippen molar-refractivity contribution in [1.29, 1.82) is 0 Å². The van der Waals surface area contributed by atoms with Gasteiger partial charge in [0, 0.05) is 43.9 Å². The molecule has 0 spiro atoms. The predicted molar refractivity (Wildman–Crippen MR) is 231 cm³/mol. The van der Waals surface area contributed by atoms with E-state index in [9.17, 15) is 19.2 Å². The van der Waals surface area contributed by atoms with Crippen LogP contribution in [0.5, 0.6) is 0 Å². The number of nitrogens with one attached hydrogen (secondary N) is 2. The minimum Gasteiger partial charge on any atom is -0.453 e. The second kappa shape index (κ2) is 18.2. The molecule has 0 aromatic heterocycles. The third kappa shape index (κ3) is 8.40. The Morgan fingerprint density at radius 2 is 1.30 bits per heavy atom. The number of likely N-dealkylation sites (tertiary alicyclic amines) is 2. The van der Waals surface area contributed by atoms with Crippen molar-refractivity contribution in [1.82, 2.24) is 20.4 Å². The molecule has 4 aliphatic heterocycles. The second-order valence-corrected chi connectivity index (χ2v) is 17.4. The zero-order chi connectivity index (χ0) is 41.9. The van der Waals surface area contributed by atoms with Gasteiger partial charge in [-0.15, -0.1) is 0 Å². The molecule has 5 atom stereocenters. The minimum atomic E-state index is -0.687. The van der Waals surface area contributed by atoms with Crippen molar-refractivity contribution in [3.05, 3.63) is 82.6 Å². The van der Waals surface area contributed by atoms with Crippen LogP contribution in [0.25, 0.3) is 22.3 Å². The van der Waals surface area contributed by atoms with Crippen molar-refractivity contribution in [3.63, 3.8) is 0 Å². The maximum atomic E-state index is 14.0. The van der Waals surface area contributed by atoms with Gasteiger partial charge in [0.15, 0.2) is 0 Å². The van der Waals surface area contributed by atoms with Gasteiger partial charge in [0.1, 0.15) is 12.1 Å². The van der Waals surface area contributed by atoms with E-state index in [1.54, 1.807) is 0 Å². The van der Waals surface area contributed by atoms with E-state index in [0.717, 1.165) is 72.9 Å². The van der Waals surface area contributed by atoms with E-state index in [1.807, 2.05) is 29.8 Å². The van der Waals surface area contributed by atoms with Gasteiger partial charge >= 0.3 is 12.2 Å². The molecule has 12 heteroatoms. The number of alkyl carbamates (subject to hydrolysis) is 2. The second-order valence-electron chi connectivity index (χ2n) is 17.4. The van der Waals surface area contributed by atoms with E-state index >= 15 is 0 Å². The Bertz CT molecular complexity index is 2100. The van der Waals surface area contributed by atoms with Gasteiger partial charge in [-0.25, -0.2) is 9.59 Å². The predicted octanol–water partition coefficient (Wildman–Crippen LogP) is 7.69. The van der Waals surface area contributed by atoms with Crippen LogP contribution in [0.3, 0.4) is 0 Å². The highest BCUT2D eigenvalue weighted by atomic mass is 16.5. The van der Waals surface area contributed by atoms with Crippen LogP contribution < -0.4 is 10.6 Å². The lowest BCUT2D eigenvalue weighted by Gasteiger charge is -2.32. The maximum absolute atomic E-state index is 14.0. The van der Waals surface area contributed by atoms with Crippen LogP contribution in [-0.2, 0) is 23.8 Å². The van der Waals surface area contributed by atoms with Crippen LogP contribution in [0.15, 0.2) is 76.4 Å². The normalized spacial score (nSPS) is 23.7. The molecule has 8 rings (SSSR count). The number of amides is 4. The molecule has 6 aliphatic rings. The quantitative estimate of drug-likeness (QED) is 0.237. The van der Waals surface area contributed by atoms with E-state index in [0.29, 0.717) is 39.1 Å². The molecule has 4 fully saturated rings. The van der Waals surface area contributed by atoms with Gasteiger partial charge in [0.05, 0.1) is 32.9 Å². The number of benzene rings is 2. The molecule has 2 aromatic rings. The minimum absolute atomic E-state index is 0.0214. The number of hydrogen-bond donors (Lipinski definition) is 2. The maximum Gasteiger partial charge on any atom is 0.407 e. The zero-order valence-electron chi connectivity index (χ0n) is 35.5. The van der Waals surface area contributed by atoms with Crippen LogP contribution in [0.2, 0.25) is 0 Å². The highest BCUT2D eigenvalue weighted by Gasteiger charge is 2.43. The molecule has 4 heterocycles. The average molecular weight is 818 g/mol. The number of hydrogen-bond acceptors (Lipinski definition) is 8. The first kappa shape index (κ1) is 41.5. The summed E-state index contributed by atoms with van der Waals surface area (Å²) in [6.07, 6.45) is 11.1. The molecule has 2 aromatic carbocycles. The Kier molecular flexibility index (Phi) is 12.6. The molecule has 60 heavy (non-hydrogen) atoms. The molecule has 1 saturated carbocycles. The van der Waals surface area contributed by atoms with E-state index in [1.165, 1.54) is 54.9 Å². The van der Waals surface area contributed by atoms with Crippen LogP contribution in [0.4, 0.5) is 9.59 Å². The average Bonchev–Trinajstić information content (AvgIpc) is 4.14. The van der Waals surface area contributed by atoms with Crippen LogP contribution >= 0.6 is 0 Å². The lowest BCUT2D eigenvalue weighted by molar-refractivity contribution is -0.135. The first-order valence-electron chi connectivity index (χ1n) is 21.9. The number of rotatable bonds is 11. The smallest absolute Gasteiger partial charge is 0.407 e. The zero-order valence-corrected chi connectivity index (χ0v) is 35.5. The third-order valence-electron chi connectivity index (χ3n) is 13.6. The number of ether oxygens (including phenoxy) is 3. The Hall–Kier alpha value is -5.23. The summed E-state index contributed by atoms with van der Waals surface area (Å²) in [4.78, 5) is 61.0. The lowest BCUT2D eigenvalue weighted by Crippen LogP contribution is -2.54. The summed E-state index contributed by atoms with van der Waals surface area (Å²) in [5, 5.41) is 5.59. The van der Waals surface area contributed by atoms with E-state index in [2.05, 4.69) is 59.2 Å². The molecule has 0 radical (unpaired) electrons. The summed E-state index contributed by atoms with van der Waals surface area (Å²) in [7, 11) is 2.64. The number of fused-ring (bicyclic) bond motifs is 1. The Labute approximate surface area is 353 Å². The molecule has 0 bridgehead atoms. The van der Waals surface area contributed by atoms with Gasteiger partial charge in [0.2, 0.25) is 11.8 Å².